The molecule has 0 atom stereocenters. The van der Waals surface area contributed by atoms with Crippen LogP contribution in [0.3, 0.4) is 0 Å². The molecular formula is C8H7ClN4O. The molecule has 0 spiro atoms. The van der Waals surface area contributed by atoms with Crippen LogP contribution in [0.1, 0.15) is 5.56 Å². The Labute approximate surface area is 84.4 Å². The fourth-order valence-electron chi connectivity index (χ4n) is 1.18. The molecule has 2 aromatic rings. The summed E-state index contributed by atoms with van der Waals surface area (Å²) in [7, 11) is 0. The van der Waals surface area contributed by atoms with Crippen molar-refractivity contribution in [3.05, 3.63) is 35.4 Å². The maximum Gasteiger partial charge on any atom is 0.171 e. The van der Waals surface area contributed by atoms with E-state index in [0.29, 0.717) is 10.7 Å². The lowest BCUT2D eigenvalue weighted by molar-refractivity contribution is 0.318. The van der Waals surface area contributed by atoms with Crippen molar-refractivity contribution >= 4 is 23.0 Å². The normalized spacial score (nSPS) is 12.2. The predicted octanol–water partition coefficient (Wildman–Crippen LogP) is 1.08. The molecule has 2 rings (SSSR count). The molecule has 2 aromatic heterocycles. The van der Waals surface area contributed by atoms with Gasteiger partial charge in [-0.25, -0.2) is 4.98 Å². The van der Waals surface area contributed by atoms with E-state index in [-0.39, 0.29) is 5.84 Å². The Balaban J connectivity index is 2.63. The largest absolute Gasteiger partial charge is 0.409 e. The molecule has 0 fully saturated rings. The minimum absolute atomic E-state index is 0.0525. The van der Waals surface area contributed by atoms with Gasteiger partial charge in [-0.2, -0.15) is 0 Å². The van der Waals surface area contributed by atoms with Crippen LogP contribution in [-0.4, -0.2) is 20.4 Å². The van der Waals surface area contributed by atoms with Crippen LogP contribution in [0.15, 0.2) is 29.8 Å². The van der Waals surface area contributed by atoms with Crippen LogP contribution < -0.4 is 5.73 Å². The summed E-state index contributed by atoms with van der Waals surface area (Å²) in [5, 5.41) is 11.8. The van der Waals surface area contributed by atoms with Crippen molar-refractivity contribution in [3.8, 4) is 0 Å². The zero-order valence-corrected chi connectivity index (χ0v) is 7.81. The number of fused-ring (bicyclic) bond motifs is 1. The van der Waals surface area contributed by atoms with Crippen LogP contribution in [-0.2, 0) is 0 Å². The van der Waals surface area contributed by atoms with Crippen molar-refractivity contribution in [2.75, 3.05) is 0 Å². The molecule has 14 heavy (non-hydrogen) atoms. The number of pyridine rings is 1. The number of aromatic nitrogens is 2. The summed E-state index contributed by atoms with van der Waals surface area (Å²) in [5.74, 6) is 0.0525. The van der Waals surface area contributed by atoms with Gasteiger partial charge in [0, 0.05) is 11.8 Å². The van der Waals surface area contributed by atoms with Gasteiger partial charge >= 0.3 is 0 Å². The number of rotatable bonds is 1. The molecule has 0 aliphatic rings. The molecule has 0 aliphatic heterocycles. The van der Waals surface area contributed by atoms with Crippen molar-refractivity contribution < 1.29 is 5.21 Å². The SMILES string of the molecule is N/C(=N/O)c1ccc2c(Cl)ncn2c1. The van der Waals surface area contributed by atoms with Crippen LogP contribution in [0, 0.1) is 0 Å². The number of nitrogens with zero attached hydrogens (tertiary/aromatic N) is 3. The van der Waals surface area contributed by atoms with Crippen LogP contribution >= 0.6 is 11.6 Å². The third kappa shape index (κ3) is 1.27. The van der Waals surface area contributed by atoms with E-state index in [4.69, 9.17) is 22.5 Å². The van der Waals surface area contributed by atoms with E-state index in [0.717, 1.165) is 5.52 Å². The average Bonchev–Trinajstić information content (AvgIpc) is 2.59. The smallest absolute Gasteiger partial charge is 0.171 e. The van der Waals surface area contributed by atoms with Gasteiger partial charge in [-0.3, -0.25) is 0 Å². The highest BCUT2D eigenvalue weighted by Crippen LogP contribution is 2.15. The first-order chi connectivity index (χ1) is 6.72. The first-order valence-electron chi connectivity index (χ1n) is 3.82. The Kier molecular flexibility index (Phi) is 2.01. The van der Waals surface area contributed by atoms with E-state index in [2.05, 4.69) is 10.1 Å². The lowest BCUT2D eigenvalue weighted by Gasteiger charge is -1.99. The number of imidazole rings is 1. The average molecular weight is 211 g/mol. The predicted molar refractivity (Wildman–Crippen MR) is 52.7 cm³/mol. The molecule has 0 aromatic carbocycles. The van der Waals surface area contributed by atoms with E-state index >= 15 is 0 Å². The minimum Gasteiger partial charge on any atom is -0.409 e. The highest BCUT2D eigenvalue weighted by Gasteiger charge is 2.04. The maximum absolute atomic E-state index is 8.48. The first kappa shape index (κ1) is 8.83. The molecule has 6 heteroatoms. The van der Waals surface area contributed by atoms with Gasteiger partial charge in [0.15, 0.2) is 11.0 Å². The van der Waals surface area contributed by atoms with E-state index in [9.17, 15) is 0 Å². The molecule has 2 heterocycles. The van der Waals surface area contributed by atoms with Gasteiger partial charge < -0.3 is 15.3 Å². The Hall–Kier alpha value is -1.75. The summed E-state index contributed by atoms with van der Waals surface area (Å²) in [6.45, 7) is 0. The van der Waals surface area contributed by atoms with Crippen molar-refractivity contribution in [3.63, 3.8) is 0 Å². The van der Waals surface area contributed by atoms with Crippen LogP contribution in [0.2, 0.25) is 5.15 Å². The fraction of sp³-hybridized carbons (Fsp3) is 0. The van der Waals surface area contributed by atoms with E-state index in [1.54, 1.807) is 29.1 Å². The zero-order chi connectivity index (χ0) is 10.1. The zero-order valence-electron chi connectivity index (χ0n) is 7.05. The van der Waals surface area contributed by atoms with Gasteiger partial charge in [0.2, 0.25) is 0 Å². The molecule has 0 bridgehead atoms. The second kappa shape index (κ2) is 3.19. The van der Waals surface area contributed by atoms with Gasteiger partial charge in [0.05, 0.1) is 5.52 Å². The van der Waals surface area contributed by atoms with Crippen molar-refractivity contribution in [2.45, 2.75) is 0 Å². The quantitative estimate of drug-likeness (QED) is 0.320. The van der Waals surface area contributed by atoms with Gasteiger partial charge in [-0.15, -0.1) is 0 Å². The Morgan fingerprint density at radius 2 is 2.36 bits per heavy atom. The van der Waals surface area contributed by atoms with Crippen LogP contribution in [0.4, 0.5) is 0 Å². The molecule has 0 radical (unpaired) electrons. The second-order valence-electron chi connectivity index (χ2n) is 2.73. The summed E-state index contributed by atoms with van der Waals surface area (Å²) in [4.78, 5) is 3.91. The summed E-state index contributed by atoms with van der Waals surface area (Å²) < 4.78 is 1.70. The van der Waals surface area contributed by atoms with Crippen molar-refractivity contribution in [1.29, 1.82) is 0 Å². The summed E-state index contributed by atoms with van der Waals surface area (Å²) in [6.07, 6.45) is 3.25. The molecule has 0 unspecified atom stereocenters. The molecule has 0 aliphatic carbocycles. The Morgan fingerprint density at radius 3 is 3.07 bits per heavy atom. The number of halogens is 1. The summed E-state index contributed by atoms with van der Waals surface area (Å²) in [5.41, 5.74) is 6.81. The highest BCUT2D eigenvalue weighted by molar-refractivity contribution is 6.32. The number of oxime groups is 1. The van der Waals surface area contributed by atoms with Gasteiger partial charge in [-0.1, -0.05) is 16.8 Å². The third-order valence-corrected chi connectivity index (χ3v) is 2.18. The molecule has 5 nitrogen and oxygen atoms in total. The van der Waals surface area contributed by atoms with Gasteiger partial charge in [0.1, 0.15) is 6.33 Å². The van der Waals surface area contributed by atoms with E-state index < -0.39 is 0 Å². The monoisotopic (exact) mass is 210 g/mol. The molecule has 0 saturated carbocycles. The van der Waals surface area contributed by atoms with Crippen LogP contribution in [0.5, 0.6) is 0 Å². The summed E-state index contributed by atoms with van der Waals surface area (Å²) >= 11 is 5.80. The first-order valence-corrected chi connectivity index (χ1v) is 4.20. The number of amidine groups is 1. The molecule has 3 N–H and O–H groups in total. The Bertz CT molecular complexity index is 505. The number of hydrogen-bond acceptors (Lipinski definition) is 3. The standard InChI is InChI=1S/C8H7ClN4O/c9-7-6-2-1-5(8(10)12-14)3-13(6)4-11-7/h1-4,14H,(H2,10,12). The second-order valence-corrected chi connectivity index (χ2v) is 3.09. The molecular weight excluding hydrogens is 204 g/mol. The maximum atomic E-state index is 8.48. The number of nitrogens with two attached hydrogens (primary N) is 1. The minimum atomic E-state index is 0.0525. The molecule has 0 amide bonds. The van der Waals surface area contributed by atoms with Crippen LogP contribution in [0.25, 0.3) is 5.52 Å². The molecule has 72 valence electrons. The van der Waals surface area contributed by atoms with Gasteiger partial charge in [-0.05, 0) is 12.1 Å². The fourth-order valence-corrected chi connectivity index (χ4v) is 1.38. The lowest BCUT2D eigenvalue weighted by atomic mass is 10.2. The van der Waals surface area contributed by atoms with E-state index in [1.165, 1.54) is 0 Å². The van der Waals surface area contributed by atoms with Crippen molar-refractivity contribution in [1.82, 2.24) is 9.38 Å². The Morgan fingerprint density at radius 1 is 1.57 bits per heavy atom. The third-order valence-electron chi connectivity index (χ3n) is 1.89. The van der Waals surface area contributed by atoms with Gasteiger partial charge in [0.25, 0.3) is 0 Å². The van der Waals surface area contributed by atoms with E-state index in [1.807, 2.05) is 0 Å². The lowest BCUT2D eigenvalue weighted by Crippen LogP contribution is -2.13. The number of hydrogen-bond donors (Lipinski definition) is 2. The topological polar surface area (TPSA) is 75.9 Å². The molecule has 0 saturated heterocycles. The van der Waals surface area contributed by atoms with Crippen molar-refractivity contribution in [2.24, 2.45) is 10.9 Å². The highest BCUT2D eigenvalue weighted by atomic mass is 35.5. The summed E-state index contributed by atoms with van der Waals surface area (Å²) in [6, 6.07) is 3.46.